The topological polar surface area (TPSA) is 66.8 Å². The summed E-state index contributed by atoms with van der Waals surface area (Å²) < 4.78 is 29.3. The Hall–Kier alpha value is -0.950. The number of piperidine rings is 1. The average molecular weight is 356 g/mol. The van der Waals surface area contributed by atoms with Gasteiger partial charge in [0.1, 0.15) is 0 Å². The minimum atomic E-state index is -3.64. The molecule has 2 rings (SSSR count). The van der Waals surface area contributed by atoms with Crippen molar-refractivity contribution in [2.24, 2.45) is 5.92 Å². The van der Waals surface area contributed by atoms with Gasteiger partial charge < -0.3 is 10.0 Å². The number of hydrogen-bond acceptors (Lipinski definition) is 5. The SMILES string of the molecule is Cc1ccc(S(=O)(=O)OCCCN2CCC(CCCO)CC2)cc1. The predicted octanol–water partition coefficient (Wildman–Crippen LogP) is 2.57. The van der Waals surface area contributed by atoms with Crippen LogP contribution in [-0.4, -0.2) is 51.3 Å². The van der Waals surface area contributed by atoms with Crippen LogP contribution in [0.5, 0.6) is 0 Å². The van der Waals surface area contributed by atoms with Gasteiger partial charge in [-0.2, -0.15) is 8.42 Å². The lowest BCUT2D eigenvalue weighted by molar-refractivity contribution is 0.160. The number of aliphatic hydroxyl groups excluding tert-OH is 1. The van der Waals surface area contributed by atoms with Gasteiger partial charge in [0.05, 0.1) is 11.5 Å². The van der Waals surface area contributed by atoms with E-state index in [0.29, 0.717) is 6.42 Å². The molecule has 0 atom stereocenters. The average Bonchev–Trinajstić information content (AvgIpc) is 2.58. The molecule has 0 saturated carbocycles. The lowest BCUT2D eigenvalue weighted by Crippen LogP contribution is -2.35. The Morgan fingerprint density at radius 2 is 1.83 bits per heavy atom. The van der Waals surface area contributed by atoms with E-state index >= 15 is 0 Å². The van der Waals surface area contributed by atoms with Crippen LogP contribution in [0.4, 0.5) is 0 Å². The van der Waals surface area contributed by atoms with Crippen molar-refractivity contribution in [3.05, 3.63) is 29.8 Å². The first-order chi connectivity index (χ1) is 11.5. The number of rotatable bonds is 9. The van der Waals surface area contributed by atoms with E-state index in [2.05, 4.69) is 4.90 Å². The third-order valence-corrected chi connectivity index (χ3v) is 5.97. The van der Waals surface area contributed by atoms with E-state index < -0.39 is 10.1 Å². The van der Waals surface area contributed by atoms with Crippen LogP contribution in [0, 0.1) is 12.8 Å². The smallest absolute Gasteiger partial charge is 0.296 e. The molecule has 0 bridgehead atoms. The van der Waals surface area contributed by atoms with Crippen molar-refractivity contribution in [3.63, 3.8) is 0 Å². The number of aliphatic hydroxyl groups is 1. The van der Waals surface area contributed by atoms with Crippen LogP contribution in [0.15, 0.2) is 29.2 Å². The summed E-state index contributed by atoms with van der Waals surface area (Å²) in [6.45, 7) is 5.41. The molecule has 0 aliphatic carbocycles. The van der Waals surface area contributed by atoms with Crippen molar-refractivity contribution in [2.75, 3.05) is 32.8 Å². The highest BCUT2D eigenvalue weighted by atomic mass is 32.2. The molecular formula is C18H29NO4S. The molecule has 0 amide bonds. The van der Waals surface area contributed by atoms with Crippen molar-refractivity contribution in [1.82, 2.24) is 4.90 Å². The van der Waals surface area contributed by atoms with Crippen molar-refractivity contribution in [2.45, 2.75) is 43.9 Å². The molecular weight excluding hydrogens is 326 g/mol. The summed E-state index contributed by atoms with van der Waals surface area (Å²) >= 11 is 0. The Kier molecular flexibility index (Phi) is 7.68. The van der Waals surface area contributed by atoms with E-state index in [1.165, 1.54) is 12.8 Å². The lowest BCUT2D eigenvalue weighted by Gasteiger charge is -2.31. The van der Waals surface area contributed by atoms with Crippen LogP contribution < -0.4 is 0 Å². The summed E-state index contributed by atoms with van der Waals surface area (Å²) in [7, 11) is -3.64. The number of aryl methyl sites for hydroxylation is 1. The van der Waals surface area contributed by atoms with E-state index in [4.69, 9.17) is 9.29 Å². The molecule has 0 spiro atoms. The Labute approximate surface area is 145 Å². The fourth-order valence-electron chi connectivity index (χ4n) is 3.11. The van der Waals surface area contributed by atoms with Gasteiger partial charge in [-0.05, 0) is 70.2 Å². The maximum absolute atomic E-state index is 12.1. The van der Waals surface area contributed by atoms with E-state index in [-0.39, 0.29) is 18.1 Å². The van der Waals surface area contributed by atoms with Gasteiger partial charge in [-0.3, -0.25) is 4.18 Å². The molecule has 0 unspecified atom stereocenters. The molecule has 1 aromatic carbocycles. The zero-order chi connectivity index (χ0) is 17.4. The second kappa shape index (κ2) is 9.51. The van der Waals surface area contributed by atoms with Gasteiger partial charge in [-0.15, -0.1) is 0 Å². The zero-order valence-corrected chi connectivity index (χ0v) is 15.3. The lowest BCUT2D eigenvalue weighted by atomic mass is 9.92. The summed E-state index contributed by atoms with van der Waals surface area (Å²) in [4.78, 5) is 2.59. The van der Waals surface area contributed by atoms with Crippen molar-refractivity contribution in [3.8, 4) is 0 Å². The minimum absolute atomic E-state index is 0.220. The van der Waals surface area contributed by atoms with Crippen LogP contribution in [0.1, 0.15) is 37.7 Å². The second-order valence-electron chi connectivity index (χ2n) is 6.59. The van der Waals surface area contributed by atoms with Crippen molar-refractivity contribution in [1.29, 1.82) is 0 Å². The maximum Gasteiger partial charge on any atom is 0.296 e. The summed E-state index contributed by atoms with van der Waals surface area (Å²) in [6, 6.07) is 6.72. The molecule has 6 heteroatoms. The van der Waals surface area contributed by atoms with Gasteiger partial charge >= 0.3 is 0 Å². The first kappa shape index (κ1) is 19.4. The monoisotopic (exact) mass is 355 g/mol. The van der Waals surface area contributed by atoms with Crippen LogP contribution >= 0.6 is 0 Å². The predicted molar refractivity (Wildman–Crippen MR) is 94.4 cm³/mol. The third kappa shape index (κ3) is 6.16. The number of nitrogens with zero attached hydrogens (tertiary/aromatic N) is 1. The molecule has 0 radical (unpaired) electrons. The fourth-order valence-corrected chi connectivity index (χ4v) is 4.05. The molecule has 1 saturated heterocycles. The Morgan fingerprint density at radius 3 is 2.46 bits per heavy atom. The Morgan fingerprint density at radius 1 is 1.17 bits per heavy atom. The van der Waals surface area contributed by atoms with Gasteiger partial charge in [0, 0.05) is 13.2 Å². The van der Waals surface area contributed by atoms with Crippen LogP contribution in [0.3, 0.4) is 0 Å². The van der Waals surface area contributed by atoms with E-state index in [9.17, 15) is 8.42 Å². The largest absolute Gasteiger partial charge is 0.396 e. The van der Waals surface area contributed by atoms with Crippen LogP contribution in [0.2, 0.25) is 0 Å². The molecule has 0 aromatic heterocycles. The molecule has 1 heterocycles. The summed E-state index contributed by atoms with van der Waals surface area (Å²) in [5.41, 5.74) is 1.02. The summed E-state index contributed by atoms with van der Waals surface area (Å²) in [5.74, 6) is 0.728. The number of likely N-dealkylation sites (tertiary alicyclic amines) is 1. The summed E-state index contributed by atoms with van der Waals surface area (Å²) in [6.07, 6.45) is 5.06. The van der Waals surface area contributed by atoms with E-state index in [1.54, 1.807) is 24.3 Å². The number of benzene rings is 1. The number of hydrogen-bond donors (Lipinski definition) is 1. The van der Waals surface area contributed by atoms with Gasteiger partial charge in [-0.1, -0.05) is 17.7 Å². The Bertz CT molecular complexity index is 578. The standard InChI is InChI=1S/C18H29NO4S/c1-16-5-7-18(8-6-16)24(21,22)23-15-3-11-19-12-9-17(10-13-19)4-2-14-20/h5-8,17,20H,2-4,9-15H2,1H3. The highest BCUT2D eigenvalue weighted by Crippen LogP contribution is 2.21. The van der Waals surface area contributed by atoms with Gasteiger partial charge in [-0.25, -0.2) is 0 Å². The highest BCUT2D eigenvalue weighted by Gasteiger charge is 2.19. The van der Waals surface area contributed by atoms with Crippen LogP contribution in [0.25, 0.3) is 0 Å². The molecule has 1 N–H and O–H groups in total. The molecule has 1 fully saturated rings. The molecule has 5 nitrogen and oxygen atoms in total. The minimum Gasteiger partial charge on any atom is -0.396 e. The Balaban J connectivity index is 1.65. The molecule has 1 aliphatic rings. The molecule has 1 aromatic rings. The van der Waals surface area contributed by atoms with Crippen molar-refractivity contribution < 1.29 is 17.7 Å². The van der Waals surface area contributed by atoms with E-state index in [1.807, 2.05) is 6.92 Å². The van der Waals surface area contributed by atoms with Crippen LogP contribution in [-0.2, 0) is 14.3 Å². The summed E-state index contributed by atoms with van der Waals surface area (Å²) in [5, 5.41) is 8.88. The molecule has 1 aliphatic heterocycles. The first-order valence-electron chi connectivity index (χ1n) is 8.80. The first-order valence-corrected chi connectivity index (χ1v) is 10.2. The second-order valence-corrected chi connectivity index (χ2v) is 8.21. The van der Waals surface area contributed by atoms with Gasteiger partial charge in [0.2, 0.25) is 0 Å². The quantitative estimate of drug-likeness (QED) is 0.545. The van der Waals surface area contributed by atoms with Crippen molar-refractivity contribution >= 4 is 10.1 Å². The van der Waals surface area contributed by atoms with Gasteiger partial charge in [0.25, 0.3) is 10.1 Å². The normalized spacial score (nSPS) is 17.2. The fraction of sp³-hybridized carbons (Fsp3) is 0.667. The molecule has 24 heavy (non-hydrogen) atoms. The zero-order valence-electron chi connectivity index (χ0n) is 14.5. The third-order valence-electron chi connectivity index (χ3n) is 4.64. The molecule has 136 valence electrons. The van der Waals surface area contributed by atoms with E-state index in [0.717, 1.165) is 44.0 Å². The van der Waals surface area contributed by atoms with Gasteiger partial charge in [0.15, 0.2) is 0 Å². The highest BCUT2D eigenvalue weighted by molar-refractivity contribution is 7.86. The maximum atomic E-state index is 12.1.